The lowest BCUT2D eigenvalue weighted by Gasteiger charge is -2.13. The number of carbonyl (C=O) groups is 1. The summed E-state index contributed by atoms with van der Waals surface area (Å²) < 4.78 is 23.1. The number of hydrogen-bond acceptors (Lipinski definition) is 4. The van der Waals surface area contributed by atoms with Crippen LogP contribution in [0.4, 0.5) is 0 Å². The van der Waals surface area contributed by atoms with Gasteiger partial charge in [-0.25, -0.2) is 8.42 Å². The van der Waals surface area contributed by atoms with E-state index in [2.05, 4.69) is 5.32 Å². The van der Waals surface area contributed by atoms with Crippen molar-refractivity contribution in [3.63, 3.8) is 0 Å². The molecule has 0 aliphatic rings. The zero-order chi connectivity index (χ0) is 15.6. The number of hydrogen-bond donors (Lipinski definition) is 1. The van der Waals surface area contributed by atoms with E-state index in [1.165, 1.54) is 29.5 Å². The van der Waals surface area contributed by atoms with E-state index >= 15 is 0 Å². The summed E-state index contributed by atoms with van der Waals surface area (Å²) in [4.78, 5) is 13.3. The lowest BCUT2D eigenvalue weighted by Crippen LogP contribution is -2.26. The average molecular weight is 344 g/mol. The first kappa shape index (κ1) is 16.0. The van der Waals surface area contributed by atoms with Gasteiger partial charge in [0.15, 0.2) is 9.84 Å². The number of benzene rings is 1. The first-order valence-corrected chi connectivity index (χ1v) is 9.28. The van der Waals surface area contributed by atoms with Gasteiger partial charge in [-0.15, -0.1) is 11.3 Å². The summed E-state index contributed by atoms with van der Waals surface area (Å²) in [7, 11) is -3.38. The van der Waals surface area contributed by atoms with E-state index in [9.17, 15) is 13.2 Å². The minimum atomic E-state index is -3.38. The van der Waals surface area contributed by atoms with Crippen molar-refractivity contribution in [1.29, 1.82) is 0 Å². The minimum absolute atomic E-state index is 0.0702. The van der Waals surface area contributed by atoms with Gasteiger partial charge in [-0.1, -0.05) is 17.7 Å². The molecule has 112 valence electrons. The topological polar surface area (TPSA) is 63.2 Å². The molecule has 0 saturated carbocycles. The van der Waals surface area contributed by atoms with Crippen LogP contribution < -0.4 is 5.32 Å². The third-order valence-corrected chi connectivity index (χ3v) is 5.42. The van der Waals surface area contributed by atoms with Gasteiger partial charge in [-0.3, -0.25) is 4.79 Å². The Bertz CT molecular complexity index is 755. The number of halogens is 1. The molecule has 2 rings (SSSR count). The molecule has 0 saturated heterocycles. The maximum atomic E-state index is 12.3. The van der Waals surface area contributed by atoms with Gasteiger partial charge in [-0.05, 0) is 36.6 Å². The molecule has 0 unspecified atom stereocenters. The van der Waals surface area contributed by atoms with Crippen molar-refractivity contribution in [2.45, 2.75) is 17.9 Å². The van der Waals surface area contributed by atoms with Crippen molar-refractivity contribution in [2.24, 2.45) is 0 Å². The Labute approximate surface area is 132 Å². The number of rotatable bonds is 4. The van der Waals surface area contributed by atoms with Crippen LogP contribution >= 0.6 is 22.9 Å². The molecule has 2 aromatic rings. The highest BCUT2D eigenvalue weighted by molar-refractivity contribution is 7.90. The molecule has 4 nitrogen and oxygen atoms in total. The van der Waals surface area contributed by atoms with Gasteiger partial charge < -0.3 is 5.32 Å². The molecule has 0 aliphatic heterocycles. The van der Waals surface area contributed by atoms with Crippen molar-refractivity contribution in [3.8, 4) is 0 Å². The summed E-state index contributed by atoms with van der Waals surface area (Å²) in [5.74, 6) is -0.397. The van der Waals surface area contributed by atoms with Gasteiger partial charge in [-0.2, -0.15) is 0 Å². The normalized spacial score (nSPS) is 12.9. The second kappa shape index (κ2) is 6.17. The fourth-order valence-electron chi connectivity index (χ4n) is 1.79. The van der Waals surface area contributed by atoms with E-state index in [0.717, 1.165) is 11.1 Å². The monoisotopic (exact) mass is 343 g/mol. The fraction of sp³-hybridized carbons (Fsp3) is 0.214. The van der Waals surface area contributed by atoms with Crippen LogP contribution in [0.3, 0.4) is 0 Å². The maximum absolute atomic E-state index is 12.3. The molecule has 1 aromatic carbocycles. The van der Waals surface area contributed by atoms with E-state index in [1.54, 1.807) is 0 Å². The molecule has 0 spiro atoms. The van der Waals surface area contributed by atoms with Gasteiger partial charge in [0.1, 0.15) is 0 Å². The average Bonchev–Trinajstić information content (AvgIpc) is 2.91. The smallest absolute Gasteiger partial charge is 0.253 e. The molecule has 1 atom stereocenters. The van der Waals surface area contributed by atoms with Crippen LogP contribution in [-0.4, -0.2) is 20.6 Å². The number of amides is 1. The van der Waals surface area contributed by atoms with Crippen LogP contribution in [0.2, 0.25) is 5.02 Å². The van der Waals surface area contributed by atoms with Crippen molar-refractivity contribution >= 4 is 38.7 Å². The van der Waals surface area contributed by atoms with Crippen LogP contribution in [0, 0.1) is 0 Å². The summed E-state index contributed by atoms with van der Waals surface area (Å²) in [6.45, 7) is 1.86. The minimum Gasteiger partial charge on any atom is -0.345 e. The van der Waals surface area contributed by atoms with E-state index in [1.807, 2.05) is 24.4 Å². The zero-order valence-electron chi connectivity index (χ0n) is 11.5. The van der Waals surface area contributed by atoms with Gasteiger partial charge in [0.05, 0.1) is 21.5 Å². The highest BCUT2D eigenvalue weighted by Crippen LogP contribution is 2.23. The Hall–Kier alpha value is -1.37. The lowest BCUT2D eigenvalue weighted by molar-refractivity contribution is 0.0940. The first-order chi connectivity index (χ1) is 9.79. The number of thiophene rings is 1. The highest BCUT2D eigenvalue weighted by Gasteiger charge is 2.17. The zero-order valence-corrected chi connectivity index (χ0v) is 13.8. The third kappa shape index (κ3) is 3.84. The van der Waals surface area contributed by atoms with Crippen LogP contribution in [-0.2, 0) is 9.84 Å². The number of carbonyl (C=O) groups excluding carboxylic acids is 1. The van der Waals surface area contributed by atoms with Crippen molar-refractivity contribution in [1.82, 2.24) is 5.32 Å². The van der Waals surface area contributed by atoms with Gasteiger partial charge in [0.25, 0.3) is 5.91 Å². The molecule has 1 heterocycles. The molecular weight excluding hydrogens is 330 g/mol. The Kier molecular flexibility index (Phi) is 4.70. The van der Waals surface area contributed by atoms with Crippen molar-refractivity contribution in [2.75, 3.05) is 6.26 Å². The Morgan fingerprint density at radius 2 is 2.05 bits per heavy atom. The van der Waals surface area contributed by atoms with E-state index in [0.29, 0.717) is 0 Å². The molecule has 21 heavy (non-hydrogen) atoms. The van der Waals surface area contributed by atoms with Crippen LogP contribution in [0.1, 0.15) is 28.2 Å². The number of nitrogens with one attached hydrogen (secondary N) is 1. The number of sulfone groups is 1. The SMILES string of the molecule is C[C@@H](NC(=O)c1cc(S(C)(=O)=O)ccc1Cl)c1cccs1. The summed E-state index contributed by atoms with van der Waals surface area (Å²) in [5, 5.41) is 4.96. The Balaban J connectivity index is 2.27. The second-order valence-electron chi connectivity index (χ2n) is 4.62. The largest absolute Gasteiger partial charge is 0.345 e. The standard InChI is InChI=1S/C14H14ClNO3S2/c1-9(13-4-3-7-20-13)16-14(17)11-8-10(21(2,18)19)5-6-12(11)15/h3-9H,1-2H3,(H,16,17)/t9-/m1/s1. The van der Waals surface area contributed by atoms with Crippen LogP contribution in [0.25, 0.3) is 0 Å². The quantitative estimate of drug-likeness (QED) is 0.926. The van der Waals surface area contributed by atoms with E-state index < -0.39 is 15.7 Å². The van der Waals surface area contributed by atoms with Gasteiger partial charge in [0.2, 0.25) is 0 Å². The molecular formula is C14H14ClNO3S2. The molecule has 0 radical (unpaired) electrons. The predicted molar refractivity (Wildman–Crippen MR) is 84.8 cm³/mol. The van der Waals surface area contributed by atoms with Crippen molar-refractivity contribution in [3.05, 3.63) is 51.2 Å². The predicted octanol–water partition coefficient (Wildman–Crippen LogP) is 3.30. The molecule has 0 bridgehead atoms. The lowest BCUT2D eigenvalue weighted by atomic mass is 10.2. The van der Waals surface area contributed by atoms with Gasteiger partial charge >= 0.3 is 0 Å². The molecule has 1 amide bonds. The van der Waals surface area contributed by atoms with Crippen LogP contribution in [0.15, 0.2) is 40.6 Å². The second-order valence-corrected chi connectivity index (χ2v) is 8.03. The Morgan fingerprint density at radius 3 is 2.62 bits per heavy atom. The van der Waals surface area contributed by atoms with E-state index in [4.69, 9.17) is 11.6 Å². The molecule has 0 aliphatic carbocycles. The molecule has 7 heteroatoms. The molecule has 0 fully saturated rings. The van der Waals surface area contributed by atoms with Gasteiger partial charge in [0, 0.05) is 11.1 Å². The summed E-state index contributed by atoms with van der Waals surface area (Å²) >= 11 is 7.53. The third-order valence-electron chi connectivity index (χ3n) is 2.93. The fourth-order valence-corrected chi connectivity index (χ4v) is 3.38. The summed E-state index contributed by atoms with van der Waals surface area (Å²) in [6, 6.07) is 7.76. The Morgan fingerprint density at radius 1 is 1.33 bits per heavy atom. The maximum Gasteiger partial charge on any atom is 0.253 e. The summed E-state index contributed by atoms with van der Waals surface area (Å²) in [5.41, 5.74) is 0.156. The molecule has 1 aromatic heterocycles. The van der Waals surface area contributed by atoms with Crippen molar-refractivity contribution < 1.29 is 13.2 Å². The first-order valence-electron chi connectivity index (χ1n) is 6.13. The molecule has 1 N–H and O–H groups in total. The van der Waals surface area contributed by atoms with E-state index in [-0.39, 0.29) is 21.5 Å². The van der Waals surface area contributed by atoms with Crippen LogP contribution in [0.5, 0.6) is 0 Å². The summed E-state index contributed by atoms with van der Waals surface area (Å²) in [6.07, 6.45) is 1.09. The highest BCUT2D eigenvalue weighted by atomic mass is 35.5.